The summed E-state index contributed by atoms with van der Waals surface area (Å²) in [4.78, 5) is 0. The maximum absolute atomic E-state index is 4.44. The summed E-state index contributed by atoms with van der Waals surface area (Å²) in [5.74, 6) is 0. The topological polar surface area (TPSA) is 0 Å². The van der Waals surface area contributed by atoms with Gasteiger partial charge in [-0.05, 0) is 41.7 Å². The molecule has 0 nitrogen and oxygen atoms in total. The summed E-state index contributed by atoms with van der Waals surface area (Å²) in [7, 11) is 0. The van der Waals surface area contributed by atoms with Crippen LogP contribution < -0.4 is 0 Å². The van der Waals surface area contributed by atoms with E-state index in [1.165, 1.54) is 27.8 Å². The van der Waals surface area contributed by atoms with E-state index in [2.05, 4.69) is 86.8 Å². The highest BCUT2D eigenvalue weighted by Crippen LogP contribution is 2.56. The molecule has 3 rings (SSSR count). The van der Waals surface area contributed by atoms with Crippen molar-refractivity contribution in [3.63, 3.8) is 0 Å². The average Bonchev–Trinajstić information content (AvgIpc) is 2.87. The summed E-state index contributed by atoms with van der Waals surface area (Å²) in [6.45, 7) is 12.5. The summed E-state index contributed by atoms with van der Waals surface area (Å²) in [6.07, 6.45) is 8.16. The minimum atomic E-state index is -0.312. The Labute approximate surface area is 139 Å². The van der Waals surface area contributed by atoms with Crippen LogP contribution in [0.1, 0.15) is 25.0 Å². The third-order valence-corrected chi connectivity index (χ3v) is 4.76. The van der Waals surface area contributed by atoms with Crippen LogP contribution in [-0.4, -0.2) is 0 Å². The zero-order valence-electron chi connectivity index (χ0n) is 13.8. The molecule has 0 bridgehead atoms. The van der Waals surface area contributed by atoms with Gasteiger partial charge in [0.05, 0.1) is 5.41 Å². The molecule has 2 aromatic carbocycles. The highest BCUT2D eigenvalue weighted by atomic mass is 14.5. The molecule has 0 spiro atoms. The fourth-order valence-electron chi connectivity index (χ4n) is 3.89. The van der Waals surface area contributed by atoms with Crippen LogP contribution >= 0.6 is 0 Å². The zero-order valence-corrected chi connectivity index (χ0v) is 13.8. The zero-order chi connectivity index (χ0) is 16.4. The van der Waals surface area contributed by atoms with Crippen molar-refractivity contribution in [2.24, 2.45) is 0 Å². The fraction of sp³-hybridized carbons (Fsp3) is 0.130. The van der Waals surface area contributed by atoms with Crippen molar-refractivity contribution >= 4 is 0 Å². The van der Waals surface area contributed by atoms with E-state index in [1.807, 2.05) is 13.0 Å². The molecule has 0 aromatic heterocycles. The van der Waals surface area contributed by atoms with Gasteiger partial charge in [0, 0.05) is 0 Å². The first-order chi connectivity index (χ1) is 11.2. The molecular formula is C23H22. The van der Waals surface area contributed by atoms with E-state index in [9.17, 15) is 0 Å². The van der Waals surface area contributed by atoms with E-state index >= 15 is 0 Å². The number of fused-ring (bicyclic) bond motifs is 3. The van der Waals surface area contributed by atoms with Crippen LogP contribution in [0.4, 0.5) is 0 Å². The predicted octanol–water partition coefficient (Wildman–Crippen LogP) is 6.22. The first kappa shape index (κ1) is 15.3. The van der Waals surface area contributed by atoms with E-state index in [1.54, 1.807) is 0 Å². The molecule has 114 valence electrons. The van der Waals surface area contributed by atoms with Gasteiger partial charge in [-0.15, -0.1) is 0 Å². The molecule has 1 aliphatic rings. The Hall–Kier alpha value is -2.60. The van der Waals surface area contributed by atoms with Gasteiger partial charge < -0.3 is 0 Å². The molecule has 0 unspecified atom stereocenters. The Morgan fingerprint density at radius 2 is 1.48 bits per heavy atom. The van der Waals surface area contributed by atoms with Crippen LogP contribution in [0.3, 0.4) is 0 Å². The van der Waals surface area contributed by atoms with E-state index in [4.69, 9.17) is 0 Å². The number of benzene rings is 2. The van der Waals surface area contributed by atoms with Crippen LogP contribution in [0.2, 0.25) is 0 Å². The van der Waals surface area contributed by atoms with Crippen molar-refractivity contribution in [1.29, 1.82) is 0 Å². The Bertz CT molecular complexity index is 785. The molecule has 0 atom stereocenters. The smallest absolute Gasteiger partial charge is 0.0668 e. The van der Waals surface area contributed by atoms with E-state index in [0.29, 0.717) is 0 Å². The standard InChI is InChI=1S/C23H22/c1-5-11-17(3)23(18(4)12-6-2)21-15-9-7-13-19(21)20-14-8-10-16-22(20)23/h5-16H,1,4H2,2-3H3/b12-6-,17-11+. The molecule has 0 fully saturated rings. The van der Waals surface area contributed by atoms with Crippen molar-refractivity contribution in [1.82, 2.24) is 0 Å². The van der Waals surface area contributed by atoms with Gasteiger partial charge in [-0.25, -0.2) is 0 Å². The molecular weight excluding hydrogens is 276 g/mol. The molecule has 0 N–H and O–H groups in total. The third kappa shape index (κ3) is 2.06. The van der Waals surface area contributed by atoms with Crippen LogP contribution in [0.5, 0.6) is 0 Å². The molecule has 2 aromatic rings. The molecule has 0 heterocycles. The monoisotopic (exact) mass is 298 g/mol. The molecule has 1 aliphatic carbocycles. The normalized spacial score (nSPS) is 15.3. The van der Waals surface area contributed by atoms with Crippen molar-refractivity contribution in [3.05, 3.63) is 108 Å². The minimum absolute atomic E-state index is 0.312. The van der Waals surface area contributed by atoms with Gasteiger partial charge in [-0.2, -0.15) is 0 Å². The summed E-state index contributed by atoms with van der Waals surface area (Å²) >= 11 is 0. The second kappa shape index (κ2) is 5.89. The Morgan fingerprint density at radius 3 is 1.96 bits per heavy atom. The lowest BCUT2D eigenvalue weighted by Gasteiger charge is -2.34. The highest BCUT2D eigenvalue weighted by molar-refractivity contribution is 5.86. The largest absolute Gasteiger partial charge is 0.0991 e. The van der Waals surface area contributed by atoms with Crippen LogP contribution in [-0.2, 0) is 5.41 Å². The molecule has 0 saturated heterocycles. The third-order valence-electron chi connectivity index (χ3n) is 4.76. The molecule has 23 heavy (non-hydrogen) atoms. The summed E-state index contributed by atoms with van der Waals surface area (Å²) in [5.41, 5.74) is 7.23. The molecule has 0 heteroatoms. The number of hydrogen-bond acceptors (Lipinski definition) is 0. The van der Waals surface area contributed by atoms with E-state index in [-0.39, 0.29) is 5.41 Å². The number of rotatable bonds is 4. The Balaban J connectivity index is 2.46. The van der Waals surface area contributed by atoms with Crippen LogP contribution in [0.15, 0.2) is 97.1 Å². The van der Waals surface area contributed by atoms with Gasteiger partial charge in [-0.3, -0.25) is 0 Å². The maximum Gasteiger partial charge on any atom is 0.0668 e. The first-order valence-electron chi connectivity index (χ1n) is 7.99. The second-order valence-corrected chi connectivity index (χ2v) is 5.95. The fourth-order valence-corrected chi connectivity index (χ4v) is 3.89. The lowest BCUT2D eigenvalue weighted by atomic mass is 9.67. The Morgan fingerprint density at radius 1 is 0.957 bits per heavy atom. The van der Waals surface area contributed by atoms with Gasteiger partial charge in [-0.1, -0.05) is 91.6 Å². The maximum atomic E-state index is 4.44. The van der Waals surface area contributed by atoms with E-state index < -0.39 is 0 Å². The number of allylic oxidation sites excluding steroid dienone is 6. The number of hydrogen-bond donors (Lipinski definition) is 0. The van der Waals surface area contributed by atoms with Crippen LogP contribution in [0, 0.1) is 0 Å². The molecule has 0 aliphatic heterocycles. The molecule has 0 radical (unpaired) electrons. The van der Waals surface area contributed by atoms with Gasteiger partial charge in [0.2, 0.25) is 0 Å². The van der Waals surface area contributed by atoms with Crippen molar-refractivity contribution in [3.8, 4) is 11.1 Å². The molecule has 0 amide bonds. The minimum Gasteiger partial charge on any atom is -0.0991 e. The lowest BCUT2D eigenvalue weighted by molar-refractivity contribution is 0.748. The Kier molecular flexibility index (Phi) is 3.92. The second-order valence-electron chi connectivity index (χ2n) is 5.95. The van der Waals surface area contributed by atoms with Gasteiger partial charge >= 0.3 is 0 Å². The van der Waals surface area contributed by atoms with Crippen LogP contribution in [0.25, 0.3) is 11.1 Å². The predicted molar refractivity (Wildman–Crippen MR) is 101 cm³/mol. The quantitative estimate of drug-likeness (QED) is 0.588. The van der Waals surface area contributed by atoms with Crippen molar-refractivity contribution < 1.29 is 0 Å². The SMILES string of the molecule is C=C/C=C(\C)C1(C(=C)/C=C\C)c2ccccc2-c2ccccc21. The summed E-state index contributed by atoms with van der Waals surface area (Å²) in [6, 6.07) is 17.3. The van der Waals surface area contributed by atoms with Gasteiger partial charge in [0.25, 0.3) is 0 Å². The van der Waals surface area contributed by atoms with Gasteiger partial charge in [0.15, 0.2) is 0 Å². The summed E-state index contributed by atoms with van der Waals surface area (Å²) in [5, 5.41) is 0. The highest BCUT2D eigenvalue weighted by Gasteiger charge is 2.45. The summed E-state index contributed by atoms with van der Waals surface area (Å²) < 4.78 is 0. The average molecular weight is 298 g/mol. The van der Waals surface area contributed by atoms with Crippen molar-refractivity contribution in [2.45, 2.75) is 19.3 Å². The molecule has 0 saturated carbocycles. The lowest BCUT2D eigenvalue weighted by Crippen LogP contribution is -2.28. The van der Waals surface area contributed by atoms with Crippen molar-refractivity contribution in [2.75, 3.05) is 0 Å². The van der Waals surface area contributed by atoms with Gasteiger partial charge in [0.1, 0.15) is 0 Å². The first-order valence-corrected chi connectivity index (χ1v) is 7.99. The van der Waals surface area contributed by atoms with E-state index in [0.717, 1.165) is 5.57 Å².